The fourth-order valence-corrected chi connectivity index (χ4v) is 1.58. The molecule has 0 saturated carbocycles. The zero-order valence-electron chi connectivity index (χ0n) is 9.25. The smallest absolute Gasteiger partial charge is 0.214 e. The van der Waals surface area contributed by atoms with E-state index in [1.165, 1.54) is 6.42 Å². The Bertz CT molecular complexity index is 279. The topological polar surface area (TPSA) is 53.3 Å². The number of nitrogens with one attached hydrogen (secondary N) is 1. The van der Waals surface area contributed by atoms with Gasteiger partial charge in [-0.25, -0.2) is 0 Å². The average Bonchev–Trinajstić information content (AvgIpc) is 2.27. The molecule has 0 aromatic rings. The van der Waals surface area contributed by atoms with E-state index in [4.69, 9.17) is 15.3 Å². The zero-order chi connectivity index (χ0) is 11.1. The quantitative estimate of drug-likeness (QED) is 0.425. The summed E-state index contributed by atoms with van der Waals surface area (Å²) in [4.78, 5) is 0. The minimum Gasteiger partial charge on any atom is -0.444 e. The van der Waals surface area contributed by atoms with Gasteiger partial charge in [-0.15, -0.1) is 0 Å². The number of aliphatic hydroxyl groups is 1. The molecule has 0 heterocycles. The first-order valence-corrected chi connectivity index (χ1v) is 5.47. The minimum atomic E-state index is 0.122. The summed E-state index contributed by atoms with van der Waals surface area (Å²) in [6, 6.07) is 0. The van der Waals surface area contributed by atoms with Crippen LogP contribution in [0.1, 0.15) is 39.0 Å². The first kappa shape index (κ1) is 12.0. The van der Waals surface area contributed by atoms with Gasteiger partial charge in [-0.05, 0) is 45.1 Å². The second kappa shape index (κ2) is 6.40. The maximum absolute atomic E-state index is 8.63. The molecule has 0 radical (unpaired) electrons. The summed E-state index contributed by atoms with van der Waals surface area (Å²) in [5, 5.41) is 16.4. The Labute approximate surface area is 91.0 Å². The standard InChI is InChI=1S/C12H19NO2/c1-10(6-5-9-14)15-12(13)11-7-3-2-4-8-11/h6-7,13-14H,2-5,8-9H2,1H3/b10-6+,13-12?. The lowest BCUT2D eigenvalue weighted by Crippen LogP contribution is -2.08. The molecule has 3 heteroatoms. The van der Waals surface area contributed by atoms with E-state index in [2.05, 4.69) is 6.08 Å². The molecule has 1 rings (SSSR count). The molecule has 0 saturated heterocycles. The number of aliphatic hydroxyl groups excluding tert-OH is 1. The van der Waals surface area contributed by atoms with E-state index in [1.54, 1.807) is 6.08 Å². The number of rotatable bonds is 4. The summed E-state index contributed by atoms with van der Waals surface area (Å²) in [5.74, 6) is 0.960. The summed E-state index contributed by atoms with van der Waals surface area (Å²) >= 11 is 0. The molecule has 0 amide bonds. The van der Waals surface area contributed by atoms with Crippen molar-refractivity contribution in [1.29, 1.82) is 5.41 Å². The third-order valence-electron chi connectivity index (χ3n) is 2.41. The van der Waals surface area contributed by atoms with Crippen LogP contribution in [0.25, 0.3) is 0 Å². The Kier molecular flexibility index (Phi) is 5.12. The van der Waals surface area contributed by atoms with Gasteiger partial charge >= 0.3 is 0 Å². The van der Waals surface area contributed by atoms with Crippen LogP contribution in [0.2, 0.25) is 0 Å². The fourth-order valence-electron chi connectivity index (χ4n) is 1.58. The van der Waals surface area contributed by atoms with Gasteiger partial charge in [0.25, 0.3) is 0 Å². The summed E-state index contributed by atoms with van der Waals surface area (Å²) < 4.78 is 5.36. The molecule has 0 aromatic heterocycles. The van der Waals surface area contributed by atoms with Gasteiger partial charge in [0.15, 0.2) is 0 Å². The van der Waals surface area contributed by atoms with Gasteiger partial charge in [0, 0.05) is 12.2 Å². The van der Waals surface area contributed by atoms with Crippen molar-refractivity contribution in [2.75, 3.05) is 6.61 Å². The third kappa shape index (κ3) is 4.30. The molecular weight excluding hydrogens is 190 g/mol. The number of ether oxygens (including phenoxy) is 1. The van der Waals surface area contributed by atoms with Crippen LogP contribution >= 0.6 is 0 Å². The zero-order valence-corrected chi connectivity index (χ0v) is 9.25. The summed E-state index contributed by atoms with van der Waals surface area (Å²) in [6.07, 6.45) is 8.85. The molecule has 1 aliphatic carbocycles. The van der Waals surface area contributed by atoms with Gasteiger partial charge in [0.2, 0.25) is 5.90 Å². The number of hydrogen-bond donors (Lipinski definition) is 2. The van der Waals surface area contributed by atoms with Gasteiger partial charge in [-0.2, -0.15) is 0 Å². The fraction of sp³-hybridized carbons (Fsp3) is 0.583. The van der Waals surface area contributed by atoms with Gasteiger partial charge in [-0.1, -0.05) is 6.08 Å². The Hall–Kier alpha value is -1.09. The predicted molar refractivity (Wildman–Crippen MR) is 60.8 cm³/mol. The molecule has 0 aromatic carbocycles. The van der Waals surface area contributed by atoms with Gasteiger partial charge in [0.1, 0.15) is 0 Å². The minimum absolute atomic E-state index is 0.122. The van der Waals surface area contributed by atoms with Crippen molar-refractivity contribution in [2.24, 2.45) is 0 Å². The van der Waals surface area contributed by atoms with Crippen LogP contribution in [-0.2, 0) is 4.74 Å². The van der Waals surface area contributed by atoms with Crippen molar-refractivity contribution in [3.8, 4) is 0 Å². The highest BCUT2D eigenvalue weighted by Gasteiger charge is 2.10. The Balaban J connectivity index is 2.44. The van der Waals surface area contributed by atoms with Crippen molar-refractivity contribution in [2.45, 2.75) is 39.0 Å². The highest BCUT2D eigenvalue weighted by molar-refractivity contribution is 5.91. The Morgan fingerprint density at radius 3 is 3.00 bits per heavy atom. The highest BCUT2D eigenvalue weighted by Crippen LogP contribution is 2.19. The average molecular weight is 209 g/mol. The second-order valence-electron chi connectivity index (χ2n) is 3.73. The predicted octanol–water partition coefficient (Wildman–Crippen LogP) is 2.77. The van der Waals surface area contributed by atoms with E-state index in [0.717, 1.165) is 24.8 Å². The van der Waals surface area contributed by atoms with Crippen molar-refractivity contribution in [3.05, 3.63) is 23.5 Å². The van der Waals surface area contributed by atoms with Crippen LogP contribution in [0.4, 0.5) is 0 Å². The molecule has 15 heavy (non-hydrogen) atoms. The van der Waals surface area contributed by atoms with Crippen molar-refractivity contribution >= 4 is 5.90 Å². The molecule has 3 nitrogen and oxygen atoms in total. The van der Waals surface area contributed by atoms with E-state index >= 15 is 0 Å². The molecule has 0 aliphatic heterocycles. The maximum Gasteiger partial charge on any atom is 0.214 e. The van der Waals surface area contributed by atoms with Crippen LogP contribution in [0, 0.1) is 5.41 Å². The maximum atomic E-state index is 8.63. The van der Waals surface area contributed by atoms with Gasteiger partial charge in [-0.3, -0.25) is 5.41 Å². The van der Waals surface area contributed by atoms with E-state index in [1.807, 2.05) is 6.92 Å². The summed E-state index contributed by atoms with van der Waals surface area (Å²) in [5.41, 5.74) is 1.01. The number of allylic oxidation sites excluding steroid dienone is 2. The molecule has 0 bridgehead atoms. The molecular formula is C12H19NO2. The van der Waals surface area contributed by atoms with E-state index in [-0.39, 0.29) is 12.5 Å². The molecule has 2 N–H and O–H groups in total. The first-order chi connectivity index (χ1) is 7.24. The van der Waals surface area contributed by atoms with Gasteiger partial charge in [0.05, 0.1) is 5.76 Å². The normalized spacial score (nSPS) is 17.2. The second-order valence-corrected chi connectivity index (χ2v) is 3.73. The van der Waals surface area contributed by atoms with E-state index in [9.17, 15) is 0 Å². The van der Waals surface area contributed by atoms with Crippen LogP contribution in [0.15, 0.2) is 23.5 Å². The lowest BCUT2D eigenvalue weighted by Gasteiger charge is -2.14. The third-order valence-corrected chi connectivity index (χ3v) is 2.41. The van der Waals surface area contributed by atoms with E-state index < -0.39 is 0 Å². The van der Waals surface area contributed by atoms with Crippen LogP contribution < -0.4 is 0 Å². The summed E-state index contributed by atoms with van der Waals surface area (Å²) in [7, 11) is 0. The molecule has 84 valence electrons. The number of hydrogen-bond acceptors (Lipinski definition) is 3. The molecule has 0 spiro atoms. The molecule has 0 fully saturated rings. The summed E-state index contributed by atoms with van der Waals surface area (Å²) in [6.45, 7) is 1.93. The van der Waals surface area contributed by atoms with Crippen LogP contribution in [0.5, 0.6) is 0 Å². The lowest BCUT2D eigenvalue weighted by molar-refractivity contribution is 0.299. The molecule has 0 unspecified atom stereocenters. The van der Waals surface area contributed by atoms with Crippen molar-refractivity contribution in [3.63, 3.8) is 0 Å². The molecule has 1 aliphatic rings. The van der Waals surface area contributed by atoms with Gasteiger partial charge < -0.3 is 9.84 Å². The van der Waals surface area contributed by atoms with Crippen molar-refractivity contribution in [1.82, 2.24) is 0 Å². The highest BCUT2D eigenvalue weighted by atomic mass is 16.5. The first-order valence-electron chi connectivity index (χ1n) is 5.47. The van der Waals surface area contributed by atoms with Crippen LogP contribution in [-0.4, -0.2) is 17.6 Å². The molecule has 0 atom stereocenters. The van der Waals surface area contributed by atoms with E-state index in [0.29, 0.717) is 12.2 Å². The largest absolute Gasteiger partial charge is 0.444 e. The van der Waals surface area contributed by atoms with Crippen LogP contribution in [0.3, 0.4) is 0 Å². The Morgan fingerprint density at radius 2 is 2.40 bits per heavy atom. The van der Waals surface area contributed by atoms with Crippen molar-refractivity contribution < 1.29 is 9.84 Å². The lowest BCUT2D eigenvalue weighted by atomic mass is 10.00. The monoisotopic (exact) mass is 209 g/mol. The SMILES string of the molecule is C/C(=C\CCO)OC(=N)C1=CCCCC1. The Morgan fingerprint density at radius 1 is 1.60 bits per heavy atom.